The van der Waals surface area contributed by atoms with Gasteiger partial charge in [-0.05, 0) is 36.6 Å². The van der Waals surface area contributed by atoms with Crippen LogP contribution in [0.3, 0.4) is 0 Å². The molecule has 2 atom stereocenters. The summed E-state index contributed by atoms with van der Waals surface area (Å²) < 4.78 is 10.1. The molecule has 1 aromatic carbocycles. The van der Waals surface area contributed by atoms with E-state index in [1.807, 2.05) is 13.8 Å². The average molecular weight is 378 g/mol. The van der Waals surface area contributed by atoms with Gasteiger partial charge < -0.3 is 19.7 Å². The largest absolute Gasteiger partial charge is 0.497 e. The van der Waals surface area contributed by atoms with Crippen LogP contribution in [0.25, 0.3) is 6.08 Å². The number of aliphatic hydroxyl groups excluding tert-OH is 1. The third kappa shape index (κ3) is 7.15. The molecular formula is C21H30O6. The van der Waals surface area contributed by atoms with Gasteiger partial charge in [-0.1, -0.05) is 38.8 Å². The van der Waals surface area contributed by atoms with Gasteiger partial charge in [0.1, 0.15) is 12.4 Å². The lowest BCUT2D eigenvalue weighted by Crippen LogP contribution is -2.50. The van der Waals surface area contributed by atoms with Crippen molar-refractivity contribution in [2.24, 2.45) is 5.92 Å². The molecule has 0 saturated heterocycles. The number of hydrogen-bond donors (Lipinski definition) is 2. The van der Waals surface area contributed by atoms with Gasteiger partial charge in [0.15, 0.2) is 11.4 Å². The summed E-state index contributed by atoms with van der Waals surface area (Å²) in [7, 11) is 1.57. The van der Waals surface area contributed by atoms with E-state index >= 15 is 0 Å². The Kier molecular flexibility index (Phi) is 9.75. The second-order valence-corrected chi connectivity index (χ2v) is 6.52. The van der Waals surface area contributed by atoms with Crippen molar-refractivity contribution in [3.05, 3.63) is 35.9 Å². The Hall–Kier alpha value is -2.18. The van der Waals surface area contributed by atoms with Gasteiger partial charge in [-0.2, -0.15) is 0 Å². The van der Waals surface area contributed by atoms with Crippen LogP contribution in [0.5, 0.6) is 5.75 Å². The van der Waals surface area contributed by atoms with Gasteiger partial charge in [0, 0.05) is 12.0 Å². The van der Waals surface area contributed by atoms with Crippen LogP contribution in [0.15, 0.2) is 30.3 Å². The monoisotopic (exact) mass is 378 g/mol. The summed E-state index contributed by atoms with van der Waals surface area (Å²) in [4.78, 5) is 24.5. The van der Waals surface area contributed by atoms with Crippen molar-refractivity contribution in [1.29, 1.82) is 0 Å². The summed E-state index contributed by atoms with van der Waals surface area (Å²) in [6.45, 7) is 2.52. The molecule has 2 N–H and O–H groups in total. The molecule has 0 radical (unpaired) electrons. The Bertz CT molecular complexity index is 622. The summed E-state index contributed by atoms with van der Waals surface area (Å²) in [5.74, 6) is -0.842. The predicted molar refractivity (Wildman–Crippen MR) is 103 cm³/mol. The minimum absolute atomic E-state index is 0.365. The number of carbonyl (C=O) groups is 2. The minimum Gasteiger partial charge on any atom is -0.497 e. The first kappa shape index (κ1) is 22.9. The van der Waals surface area contributed by atoms with Crippen LogP contribution in [0.1, 0.15) is 45.1 Å². The first-order valence-corrected chi connectivity index (χ1v) is 9.26. The van der Waals surface area contributed by atoms with Crippen molar-refractivity contribution < 1.29 is 29.3 Å². The molecule has 0 heterocycles. The molecule has 150 valence electrons. The maximum absolute atomic E-state index is 12.6. The van der Waals surface area contributed by atoms with Crippen molar-refractivity contribution in [2.45, 2.75) is 45.1 Å². The molecule has 6 nitrogen and oxygen atoms in total. The van der Waals surface area contributed by atoms with Gasteiger partial charge >= 0.3 is 5.97 Å². The maximum atomic E-state index is 12.6. The van der Waals surface area contributed by atoms with E-state index in [1.165, 1.54) is 6.08 Å². The number of ketones is 1. The van der Waals surface area contributed by atoms with Crippen LogP contribution in [0, 0.1) is 5.92 Å². The van der Waals surface area contributed by atoms with E-state index in [-0.39, 0.29) is 5.92 Å². The van der Waals surface area contributed by atoms with Gasteiger partial charge in [-0.25, -0.2) is 4.79 Å². The van der Waals surface area contributed by atoms with Gasteiger partial charge in [0.05, 0.1) is 13.7 Å². The highest BCUT2D eigenvalue weighted by Crippen LogP contribution is 2.21. The molecule has 0 aromatic heterocycles. The average Bonchev–Trinajstić information content (AvgIpc) is 2.71. The quantitative estimate of drug-likeness (QED) is 0.429. The van der Waals surface area contributed by atoms with Crippen LogP contribution in [0.2, 0.25) is 0 Å². The SMILES string of the molecule is CCCCC(CC)C(=O)C(O)(CO)COC(=O)C=Cc1ccc(OC)cc1. The Morgan fingerprint density at radius 1 is 1.22 bits per heavy atom. The van der Waals surface area contributed by atoms with Crippen molar-refractivity contribution in [3.63, 3.8) is 0 Å². The number of benzene rings is 1. The molecular weight excluding hydrogens is 348 g/mol. The molecule has 0 bridgehead atoms. The normalized spacial score (nSPS) is 14.6. The Labute approximate surface area is 160 Å². The van der Waals surface area contributed by atoms with E-state index in [1.54, 1.807) is 37.5 Å². The standard InChI is InChI=1S/C21H30O6/c1-4-6-7-17(5-2)20(24)21(25,14-22)15-27-19(23)13-10-16-8-11-18(26-3)12-9-16/h8-13,17,22,25H,4-7,14-15H2,1-3H3. The summed E-state index contributed by atoms with van der Waals surface area (Å²) in [6.07, 6.45) is 5.75. The first-order valence-electron chi connectivity index (χ1n) is 9.26. The highest BCUT2D eigenvalue weighted by molar-refractivity contribution is 5.91. The predicted octanol–water partition coefficient (Wildman–Crippen LogP) is 2.76. The smallest absolute Gasteiger partial charge is 0.330 e. The zero-order valence-corrected chi connectivity index (χ0v) is 16.3. The molecule has 1 rings (SSSR count). The number of unbranched alkanes of at least 4 members (excludes halogenated alkanes) is 1. The van der Waals surface area contributed by atoms with Crippen molar-refractivity contribution >= 4 is 17.8 Å². The number of carbonyl (C=O) groups excluding carboxylic acids is 2. The summed E-state index contributed by atoms with van der Waals surface area (Å²) in [5.41, 5.74) is -1.30. The Morgan fingerprint density at radius 2 is 1.89 bits per heavy atom. The van der Waals surface area contributed by atoms with Crippen molar-refractivity contribution in [3.8, 4) is 5.75 Å². The van der Waals surface area contributed by atoms with Crippen molar-refractivity contribution in [2.75, 3.05) is 20.3 Å². The van der Waals surface area contributed by atoms with E-state index in [4.69, 9.17) is 9.47 Å². The Balaban J connectivity index is 2.66. The fourth-order valence-corrected chi connectivity index (χ4v) is 2.66. The maximum Gasteiger partial charge on any atom is 0.330 e. The molecule has 1 aromatic rings. The molecule has 0 fully saturated rings. The molecule has 0 aliphatic carbocycles. The van der Waals surface area contributed by atoms with Crippen LogP contribution in [-0.2, 0) is 14.3 Å². The van der Waals surface area contributed by atoms with Crippen LogP contribution >= 0.6 is 0 Å². The number of aliphatic hydroxyl groups is 2. The van der Waals surface area contributed by atoms with E-state index < -0.39 is 30.6 Å². The highest BCUT2D eigenvalue weighted by atomic mass is 16.5. The molecule has 6 heteroatoms. The van der Waals surface area contributed by atoms with Crippen LogP contribution in [-0.4, -0.2) is 47.9 Å². The molecule has 2 unspecified atom stereocenters. The molecule has 0 spiro atoms. The number of rotatable bonds is 12. The third-order valence-electron chi connectivity index (χ3n) is 4.47. The van der Waals surface area contributed by atoms with Gasteiger partial charge in [-0.3, -0.25) is 4.79 Å². The lowest BCUT2D eigenvalue weighted by Gasteiger charge is -2.27. The second kappa shape index (κ2) is 11.5. The number of ether oxygens (including phenoxy) is 2. The van der Waals surface area contributed by atoms with Gasteiger partial charge in [-0.15, -0.1) is 0 Å². The zero-order valence-electron chi connectivity index (χ0n) is 16.3. The molecule has 0 aliphatic rings. The van der Waals surface area contributed by atoms with Crippen molar-refractivity contribution in [1.82, 2.24) is 0 Å². The number of hydrogen-bond acceptors (Lipinski definition) is 6. The third-order valence-corrected chi connectivity index (χ3v) is 4.47. The van der Waals surface area contributed by atoms with E-state index in [0.717, 1.165) is 18.4 Å². The Morgan fingerprint density at radius 3 is 2.41 bits per heavy atom. The fraction of sp³-hybridized carbons (Fsp3) is 0.524. The summed E-state index contributed by atoms with van der Waals surface area (Å²) in [5, 5.41) is 20.0. The van der Waals surface area contributed by atoms with Crippen LogP contribution in [0.4, 0.5) is 0 Å². The van der Waals surface area contributed by atoms with E-state index in [2.05, 4.69) is 0 Å². The summed E-state index contributed by atoms with van der Waals surface area (Å²) >= 11 is 0. The number of esters is 1. The summed E-state index contributed by atoms with van der Waals surface area (Å²) in [6, 6.07) is 7.07. The number of methoxy groups -OCH3 is 1. The van der Waals surface area contributed by atoms with Crippen LogP contribution < -0.4 is 4.74 Å². The van der Waals surface area contributed by atoms with E-state index in [9.17, 15) is 19.8 Å². The molecule has 0 saturated carbocycles. The first-order chi connectivity index (χ1) is 12.9. The number of Topliss-reactive ketones (excluding diaryl/α,β-unsaturated/α-hetero) is 1. The lowest BCUT2D eigenvalue weighted by atomic mass is 9.85. The molecule has 0 aliphatic heterocycles. The fourth-order valence-electron chi connectivity index (χ4n) is 2.66. The topological polar surface area (TPSA) is 93.1 Å². The minimum atomic E-state index is -2.07. The lowest BCUT2D eigenvalue weighted by molar-refractivity contribution is -0.161. The van der Waals surface area contributed by atoms with Gasteiger partial charge in [0.2, 0.25) is 0 Å². The highest BCUT2D eigenvalue weighted by Gasteiger charge is 2.40. The second-order valence-electron chi connectivity index (χ2n) is 6.52. The van der Waals surface area contributed by atoms with Gasteiger partial charge in [0.25, 0.3) is 0 Å². The van der Waals surface area contributed by atoms with E-state index in [0.29, 0.717) is 18.6 Å². The molecule has 27 heavy (non-hydrogen) atoms. The zero-order chi connectivity index (χ0) is 20.3. The molecule has 0 amide bonds.